The number of anilines is 1. The van der Waals surface area contributed by atoms with E-state index in [2.05, 4.69) is 31.1 Å². The lowest BCUT2D eigenvalue weighted by Gasteiger charge is -2.22. The lowest BCUT2D eigenvalue weighted by Crippen LogP contribution is -2.29. The highest BCUT2D eigenvalue weighted by Gasteiger charge is 2.27. The standard InChI is InChI=1S/C23H26N4O2/c1-23(2,3)16-10-4-5-11-17(16)24-21(28)19-18-12-6-7-15-27(18)20(25-19)22(29)26-13-8-9-14-26/h4-7,10-12,15H,8-9,13-14H2,1-3H3,(H,24,28). The largest absolute Gasteiger partial charge is 0.336 e. The SMILES string of the molecule is CC(C)(C)c1ccccc1NC(=O)c1nc(C(=O)N2CCCC2)n2ccccc12. The van der Waals surface area contributed by atoms with Gasteiger partial charge >= 0.3 is 0 Å². The third kappa shape index (κ3) is 3.62. The van der Waals surface area contributed by atoms with Crippen LogP contribution in [0.4, 0.5) is 5.69 Å². The molecule has 3 heterocycles. The Kier molecular flexibility index (Phi) is 4.86. The fraction of sp³-hybridized carbons (Fsp3) is 0.348. The zero-order chi connectivity index (χ0) is 20.6. The monoisotopic (exact) mass is 390 g/mol. The van der Waals surface area contributed by atoms with Gasteiger partial charge in [0.2, 0.25) is 5.82 Å². The summed E-state index contributed by atoms with van der Waals surface area (Å²) in [7, 11) is 0. The van der Waals surface area contributed by atoms with Crippen LogP contribution in [0.5, 0.6) is 0 Å². The number of para-hydroxylation sites is 1. The number of aromatic nitrogens is 2. The maximum absolute atomic E-state index is 13.2. The molecular weight excluding hydrogens is 364 g/mol. The van der Waals surface area contributed by atoms with Crippen molar-refractivity contribution in [2.24, 2.45) is 0 Å². The van der Waals surface area contributed by atoms with Crippen LogP contribution < -0.4 is 5.32 Å². The predicted octanol–water partition coefficient (Wildman–Crippen LogP) is 4.12. The van der Waals surface area contributed by atoms with Gasteiger partial charge in [0.25, 0.3) is 11.8 Å². The maximum atomic E-state index is 13.2. The topological polar surface area (TPSA) is 66.7 Å². The molecule has 1 aliphatic heterocycles. The highest BCUT2D eigenvalue weighted by Crippen LogP contribution is 2.30. The van der Waals surface area contributed by atoms with Crippen molar-refractivity contribution >= 4 is 23.0 Å². The Morgan fingerprint density at radius 3 is 2.41 bits per heavy atom. The average Bonchev–Trinajstić information content (AvgIpc) is 3.35. The summed E-state index contributed by atoms with van der Waals surface area (Å²) >= 11 is 0. The molecular formula is C23H26N4O2. The van der Waals surface area contributed by atoms with Crippen LogP contribution in [0.25, 0.3) is 5.52 Å². The average molecular weight is 390 g/mol. The number of carbonyl (C=O) groups is 2. The minimum Gasteiger partial charge on any atom is -0.336 e. The summed E-state index contributed by atoms with van der Waals surface area (Å²) in [6, 6.07) is 13.3. The molecule has 2 amide bonds. The van der Waals surface area contributed by atoms with E-state index in [0.717, 1.165) is 37.2 Å². The van der Waals surface area contributed by atoms with Crippen LogP contribution in [0.2, 0.25) is 0 Å². The molecule has 4 rings (SSSR count). The predicted molar refractivity (Wildman–Crippen MR) is 113 cm³/mol. The van der Waals surface area contributed by atoms with Crippen LogP contribution >= 0.6 is 0 Å². The molecule has 0 unspecified atom stereocenters. The molecule has 29 heavy (non-hydrogen) atoms. The zero-order valence-corrected chi connectivity index (χ0v) is 17.1. The van der Waals surface area contributed by atoms with Crippen LogP contribution in [-0.2, 0) is 5.41 Å². The number of hydrogen-bond donors (Lipinski definition) is 1. The van der Waals surface area contributed by atoms with E-state index in [1.165, 1.54) is 0 Å². The summed E-state index contributed by atoms with van der Waals surface area (Å²) in [6.45, 7) is 7.80. The molecule has 0 radical (unpaired) electrons. The van der Waals surface area contributed by atoms with Crippen molar-refractivity contribution in [3.63, 3.8) is 0 Å². The Labute approximate surface area is 170 Å². The van der Waals surface area contributed by atoms with Gasteiger partial charge in [-0.3, -0.25) is 14.0 Å². The van der Waals surface area contributed by atoms with Crippen LogP contribution in [0.1, 0.15) is 60.3 Å². The summed E-state index contributed by atoms with van der Waals surface area (Å²) in [5.74, 6) is -0.152. The molecule has 0 saturated carbocycles. The second-order valence-electron chi connectivity index (χ2n) is 8.49. The highest BCUT2D eigenvalue weighted by atomic mass is 16.2. The summed E-state index contributed by atoms with van der Waals surface area (Å²) in [5.41, 5.74) is 2.58. The quantitative estimate of drug-likeness (QED) is 0.731. The van der Waals surface area contributed by atoms with Crippen molar-refractivity contribution in [3.8, 4) is 0 Å². The van der Waals surface area contributed by atoms with Gasteiger partial charge in [-0.25, -0.2) is 4.98 Å². The van der Waals surface area contributed by atoms with Crippen molar-refractivity contribution in [1.82, 2.24) is 14.3 Å². The number of amides is 2. The Hall–Kier alpha value is -3.15. The minimum atomic E-state index is -0.314. The number of pyridine rings is 1. The Morgan fingerprint density at radius 1 is 1.00 bits per heavy atom. The number of nitrogens with one attached hydrogen (secondary N) is 1. The van der Waals surface area contributed by atoms with Gasteiger partial charge < -0.3 is 10.2 Å². The molecule has 3 aromatic rings. The number of fused-ring (bicyclic) bond motifs is 1. The Bertz CT molecular complexity index is 1070. The Balaban J connectivity index is 1.72. The lowest BCUT2D eigenvalue weighted by molar-refractivity contribution is 0.0780. The van der Waals surface area contributed by atoms with Crippen molar-refractivity contribution in [3.05, 3.63) is 65.7 Å². The number of hydrogen-bond acceptors (Lipinski definition) is 3. The minimum absolute atomic E-state index is 0.114. The summed E-state index contributed by atoms with van der Waals surface area (Å²) in [6.07, 6.45) is 3.80. The maximum Gasteiger partial charge on any atom is 0.290 e. The van der Waals surface area contributed by atoms with E-state index in [4.69, 9.17) is 0 Å². The molecule has 1 fully saturated rings. The zero-order valence-electron chi connectivity index (χ0n) is 17.1. The van der Waals surface area contributed by atoms with E-state index >= 15 is 0 Å². The van der Waals surface area contributed by atoms with E-state index in [1.54, 1.807) is 15.5 Å². The Morgan fingerprint density at radius 2 is 1.69 bits per heavy atom. The summed E-state index contributed by atoms with van der Waals surface area (Å²) in [4.78, 5) is 32.4. The summed E-state index contributed by atoms with van der Waals surface area (Å²) in [5, 5.41) is 3.01. The smallest absolute Gasteiger partial charge is 0.290 e. The van der Waals surface area contributed by atoms with Crippen LogP contribution in [-0.4, -0.2) is 39.2 Å². The normalized spacial score (nSPS) is 14.4. The first kappa shape index (κ1) is 19.2. The van der Waals surface area contributed by atoms with Crippen molar-refractivity contribution in [2.45, 2.75) is 39.0 Å². The molecule has 0 spiro atoms. The number of imidazole rings is 1. The number of benzene rings is 1. The number of carbonyl (C=O) groups excluding carboxylic acids is 2. The molecule has 1 aromatic carbocycles. The van der Waals surface area contributed by atoms with Crippen molar-refractivity contribution in [2.75, 3.05) is 18.4 Å². The first-order chi connectivity index (χ1) is 13.9. The molecule has 150 valence electrons. The molecule has 0 atom stereocenters. The number of likely N-dealkylation sites (tertiary alicyclic amines) is 1. The van der Waals surface area contributed by atoms with E-state index in [9.17, 15) is 9.59 Å². The van der Waals surface area contributed by atoms with Crippen LogP contribution in [0.3, 0.4) is 0 Å². The van der Waals surface area contributed by atoms with E-state index < -0.39 is 0 Å². The van der Waals surface area contributed by atoms with Crippen molar-refractivity contribution < 1.29 is 9.59 Å². The fourth-order valence-corrected chi connectivity index (χ4v) is 3.85. The molecule has 1 N–H and O–H groups in total. The van der Waals surface area contributed by atoms with E-state index in [1.807, 2.05) is 42.5 Å². The first-order valence-corrected chi connectivity index (χ1v) is 10.0. The number of nitrogens with zero attached hydrogens (tertiary/aromatic N) is 3. The van der Waals surface area contributed by atoms with Gasteiger partial charge in [0.1, 0.15) is 0 Å². The fourth-order valence-electron chi connectivity index (χ4n) is 3.85. The second-order valence-corrected chi connectivity index (χ2v) is 8.49. The van der Waals surface area contributed by atoms with Crippen molar-refractivity contribution in [1.29, 1.82) is 0 Å². The molecule has 2 aromatic heterocycles. The third-order valence-electron chi connectivity index (χ3n) is 5.33. The molecule has 0 bridgehead atoms. The van der Waals surface area contributed by atoms with Gasteiger partial charge in [-0.2, -0.15) is 0 Å². The second kappa shape index (κ2) is 7.35. The van der Waals surface area contributed by atoms with E-state index in [-0.39, 0.29) is 28.7 Å². The van der Waals surface area contributed by atoms with Crippen LogP contribution in [0, 0.1) is 0 Å². The van der Waals surface area contributed by atoms with Crippen LogP contribution in [0.15, 0.2) is 48.7 Å². The molecule has 6 heteroatoms. The molecule has 6 nitrogen and oxygen atoms in total. The molecule has 0 aliphatic carbocycles. The van der Waals surface area contributed by atoms with Gasteiger partial charge in [0, 0.05) is 25.0 Å². The first-order valence-electron chi connectivity index (χ1n) is 10.0. The van der Waals surface area contributed by atoms with Gasteiger partial charge in [-0.15, -0.1) is 0 Å². The third-order valence-corrected chi connectivity index (χ3v) is 5.33. The van der Waals surface area contributed by atoms with Gasteiger partial charge in [0.05, 0.1) is 5.52 Å². The van der Waals surface area contributed by atoms with Gasteiger partial charge in [-0.05, 0) is 42.0 Å². The van der Waals surface area contributed by atoms with Gasteiger partial charge in [0.15, 0.2) is 5.69 Å². The van der Waals surface area contributed by atoms with Gasteiger partial charge in [-0.1, -0.05) is 45.0 Å². The number of rotatable bonds is 3. The summed E-state index contributed by atoms with van der Waals surface area (Å²) < 4.78 is 1.71. The lowest BCUT2D eigenvalue weighted by atomic mass is 9.86. The van der Waals surface area contributed by atoms with E-state index in [0.29, 0.717) is 5.52 Å². The highest BCUT2D eigenvalue weighted by molar-refractivity contribution is 6.09. The molecule has 1 aliphatic rings. The molecule has 1 saturated heterocycles.